The Kier molecular flexibility index (Phi) is 4.29. The molecule has 134 valence electrons. The van der Waals surface area contributed by atoms with Crippen molar-refractivity contribution in [3.8, 4) is 0 Å². The van der Waals surface area contributed by atoms with E-state index in [0.29, 0.717) is 31.4 Å². The van der Waals surface area contributed by atoms with Crippen LogP contribution in [0.2, 0.25) is 0 Å². The highest BCUT2D eigenvalue weighted by atomic mass is 16.5. The van der Waals surface area contributed by atoms with E-state index < -0.39 is 0 Å². The number of hydrogen-bond acceptors (Lipinski definition) is 6. The van der Waals surface area contributed by atoms with Crippen molar-refractivity contribution in [3.05, 3.63) is 29.2 Å². The van der Waals surface area contributed by atoms with Crippen LogP contribution in [0.15, 0.2) is 10.7 Å². The molecule has 1 saturated heterocycles. The molecular formula is C17H23N5O3. The maximum absolute atomic E-state index is 12.7. The molecule has 2 aliphatic rings. The first-order valence-electron chi connectivity index (χ1n) is 8.85. The van der Waals surface area contributed by atoms with Gasteiger partial charge in [-0.3, -0.25) is 9.48 Å². The molecule has 1 fully saturated rings. The maximum Gasteiger partial charge on any atom is 0.252 e. The molecule has 3 heterocycles. The lowest BCUT2D eigenvalue weighted by Crippen LogP contribution is -2.56. The van der Waals surface area contributed by atoms with Crippen LogP contribution >= 0.6 is 0 Å². The monoisotopic (exact) mass is 345 g/mol. The minimum Gasteiger partial charge on any atom is -0.365 e. The van der Waals surface area contributed by atoms with E-state index in [1.165, 1.54) is 11.3 Å². The summed E-state index contributed by atoms with van der Waals surface area (Å²) in [6.07, 6.45) is 5.34. The van der Waals surface area contributed by atoms with Gasteiger partial charge in [-0.05, 0) is 18.4 Å². The average molecular weight is 345 g/mol. The van der Waals surface area contributed by atoms with E-state index in [1.807, 2.05) is 29.7 Å². The third kappa shape index (κ3) is 3.18. The van der Waals surface area contributed by atoms with Crippen LogP contribution in [0.5, 0.6) is 0 Å². The average Bonchev–Trinajstić information content (AvgIpc) is 3.20. The molecule has 0 bridgehead atoms. The van der Waals surface area contributed by atoms with Crippen LogP contribution in [-0.2, 0) is 42.4 Å². The van der Waals surface area contributed by atoms with Crippen molar-refractivity contribution in [2.45, 2.75) is 45.3 Å². The van der Waals surface area contributed by atoms with Crippen molar-refractivity contribution in [1.29, 1.82) is 0 Å². The summed E-state index contributed by atoms with van der Waals surface area (Å²) in [5.41, 5.74) is 2.48. The third-order valence-corrected chi connectivity index (χ3v) is 5.13. The smallest absolute Gasteiger partial charge is 0.252 e. The van der Waals surface area contributed by atoms with Gasteiger partial charge in [0.05, 0.1) is 12.3 Å². The van der Waals surface area contributed by atoms with Gasteiger partial charge in [0.2, 0.25) is 5.91 Å². The number of rotatable bonds is 5. The van der Waals surface area contributed by atoms with Crippen molar-refractivity contribution < 1.29 is 14.1 Å². The standard InChI is InChI=1S/C17H23N5O3/c1-3-15-19-16(25-20-15)10-24-13-8-22(9-13)17(23)11-4-5-12-7-18-21(2)14(12)6-11/h7,11,13H,3-6,8-10H2,1-2H3. The van der Waals surface area contributed by atoms with Crippen LogP contribution in [0, 0.1) is 5.92 Å². The van der Waals surface area contributed by atoms with Crippen LogP contribution in [0.25, 0.3) is 0 Å². The molecule has 1 aliphatic heterocycles. The number of fused-ring (bicyclic) bond motifs is 1. The van der Waals surface area contributed by atoms with E-state index in [0.717, 1.165) is 25.7 Å². The maximum atomic E-state index is 12.7. The molecule has 0 radical (unpaired) electrons. The summed E-state index contributed by atoms with van der Waals surface area (Å²) in [5.74, 6) is 1.48. The zero-order valence-electron chi connectivity index (χ0n) is 14.6. The number of carbonyl (C=O) groups excluding carboxylic acids is 1. The lowest BCUT2D eigenvalue weighted by molar-refractivity contribution is -0.151. The number of hydrogen-bond donors (Lipinski definition) is 0. The first kappa shape index (κ1) is 16.3. The van der Waals surface area contributed by atoms with E-state index in [4.69, 9.17) is 9.26 Å². The summed E-state index contributed by atoms with van der Waals surface area (Å²) in [6.45, 7) is 3.57. The van der Waals surface area contributed by atoms with E-state index in [1.54, 1.807) is 0 Å². The highest BCUT2D eigenvalue weighted by Gasteiger charge is 2.37. The highest BCUT2D eigenvalue weighted by molar-refractivity contribution is 5.80. The van der Waals surface area contributed by atoms with Gasteiger partial charge >= 0.3 is 0 Å². The van der Waals surface area contributed by atoms with Gasteiger partial charge < -0.3 is 14.2 Å². The van der Waals surface area contributed by atoms with Gasteiger partial charge in [-0.1, -0.05) is 12.1 Å². The fraction of sp³-hybridized carbons (Fsp3) is 0.647. The Morgan fingerprint density at radius 2 is 2.28 bits per heavy atom. The number of aryl methyl sites for hydroxylation is 3. The summed E-state index contributed by atoms with van der Waals surface area (Å²) in [4.78, 5) is 18.8. The molecule has 8 heteroatoms. The van der Waals surface area contributed by atoms with Gasteiger partial charge in [0.1, 0.15) is 6.61 Å². The van der Waals surface area contributed by atoms with Crippen LogP contribution < -0.4 is 0 Å². The molecule has 1 aliphatic carbocycles. The molecule has 0 aromatic carbocycles. The van der Waals surface area contributed by atoms with E-state index >= 15 is 0 Å². The molecule has 0 spiro atoms. The van der Waals surface area contributed by atoms with Crippen molar-refractivity contribution >= 4 is 5.91 Å². The van der Waals surface area contributed by atoms with Crippen molar-refractivity contribution in [3.63, 3.8) is 0 Å². The molecule has 1 unspecified atom stereocenters. The largest absolute Gasteiger partial charge is 0.365 e. The second-order valence-electron chi connectivity index (χ2n) is 6.81. The zero-order chi connectivity index (χ0) is 17.4. The Hall–Kier alpha value is -2.22. The number of aromatic nitrogens is 4. The molecule has 0 saturated carbocycles. The van der Waals surface area contributed by atoms with Gasteiger partial charge in [-0.25, -0.2) is 0 Å². The second kappa shape index (κ2) is 6.59. The first-order chi connectivity index (χ1) is 12.1. The van der Waals surface area contributed by atoms with Gasteiger partial charge in [-0.15, -0.1) is 0 Å². The molecule has 0 N–H and O–H groups in total. The van der Waals surface area contributed by atoms with Crippen LogP contribution in [0.3, 0.4) is 0 Å². The van der Waals surface area contributed by atoms with Gasteiger partial charge in [0.15, 0.2) is 5.82 Å². The molecule has 25 heavy (non-hydrogen) atoms. The number of likely N-dealkylation sites (tertiary alicyclic amines) is 1. The van der Waals surface area contributed by atoms with Crippen LogP contribution in [-0.4, -0.2) is 49.9 Å². The topological polar surface area (TPSA) is 86.3 Å². The lowest BCUT2D eigenvalue weighted by atomic mass is 9.86. The van der Waals surface area contributed by atoms with Crippen molar-refractivity contribution in [2.75, 3.05) is 13.1 Å². The third-order valence-electron chi connectivity index (χ3n) is 5.13. The number of ether oxygens (including phenoxy) is 1. The SMILES string of the molecule is CCc1noc(COC2CN(C(=O)C3CCc4cnn(C)c4C3)C2)n1. The Morgan fingerprint density at radius 3 is 3.04 bits per heavy atom. The number of carbonyl (C=O) groups is 1. The van der Waals surface area contributed by atoms with Gasteiger partial charge in [0, 0.05) is 44.6 Å². The summed E-state index contributed by atoms with van der Waals surface area (Å²) in [5, 5.41) is 8.14. The van der Waals surface area contributed by atoms with Crippen LogP contribution in [0.4, 0.5) is 0 Å². The van der Waals surface area contributed by atoms with Crippen molar-refractivity contribution in [1.82, 2.24) is 24.8 Å². The molecule has 1 amide bonds. The predicted octanol–water partition coefficient (Wildman–Crippen LogP) is 0.898. The fourth-order valence-corrected chi connectivity index (χ4v) is 3.52. The van der Waals surface area contributed by atoms with E-state index in [2.05, 4.69) is 15.2 Å². The second-order valence-corrected chi connectivity index (χ2v) is 6.81. The van der Waals surface area contributed by atoms with E-state index in [-0.39, 0.29) is 17.9 Å². The zero-order valence-corrected chi connectivity index (χ0v) is 14.6. The first-order valence-corrected chi connectivity index (χ1v) is 8.85. The minimum absolute atomic E-state index is 0.0526. The Morgan fingerprint density at radius 1 is 1.44 bits per heavy atom. The number of amides is 1. The Labute approximate surface area is 146 Å². The molecule has 2 aromatic heterocycles. The van der Waals surface area contributed by atoms with Gasteiger partial charge in [0.25, 0.3) is 5.89 Å². The molecule has 1 atom stereocenters. The predicted molar refractivity (Wildman–Crippen MR) is 87.6 cm³/mol. The fourth-order valence-electron chi connectivity index (χ4n) is 3.52. The summed E-state index contributed by atoms with van der Waals surface area (Å²) >= 11 is 0. The highest BCUT2D eigenvalue weighted by Crippen LogP contribution is 2.28. The number of nitrogens with zero attached hydrogens (tertiary/aromatic N) is 5. The Bertz CT molecular complexity index is 762. The minimum atomic E-state index is 0.0526. The lowest BCUT2D eigenvalue weighted by Gasteiger charge is -2.41. The summed E-state index contributed by atoms with van der Waals surface area (Å²) < 4.78 is 12.7. The van der Waals surface area contributed by atoms with Crippen LogP contribution in [0.1, 0.15) is 36.3 Å². The molecular weight excluding hydrogens is 322 g/mol. The molecule has 4 rings (SSSR count). The van der Waals surface area contributed by atoms with Gasteiger partial charge in [-0.2, -0.15) is 10.1 Å². The summed E-state index contributed by atoms with van der Waals surface area (Å²) in [7, 11) is 1.95. The van der Waals surface area contributed by atoms with Crippen molar-refractivity contribution in [2.24, 2.45) is 13.0 Å². The summed E-state index contributed by atoms with van der Waals surface area (Å²) in [6, 6.07) is 0. The molecule has 8 nitrogen and oxygen atoms in total. The van der Waals surface area contributed by atoms with E-state index in [9.17, 15) is 4.79 Å². The molecule has 2 aromatic rings. The normalized spacial score (nSPS) is 20.4. The quantitative estimate of drug-likeness (QED) is 0.800. The Balaban J connectivity index is 1.25.